The minimum absolute atomic E-state index is 0.219. The van der Waals surface area contributed by atoms with Gasteiger partial charge in [-0.2, -0.15) is 0 Å². The molecule has 0 aliphatic carbocycles. The third-order valence-corrected chi connectivity index (χ3v) is 3.70. The van der Waals surface area contributed by atoms with Gasteiger partial charge in [0.15, 0.2) is 0 Å². The summed E-state index contributed by atoms with van der Waals surface area (Å²) in [6.45, 7) is 0.617. The number of carbonyl (C=O) groups is 1. The Morgan fingerprint density at radius 3 is 2.53 bits per heavy atom. The lowest BCUT2D eigenvalue weighted by Gasteiger charge is -2.03. The Hall–Kier alpha value is -1.20. The van der Waals surface area contributed by atoms with Gasteiger partial charge in [0.1, 0.15) is 0 Å². The van der Waals surface area contributed by atoms with Gasteiger partial charge in [0.05, 0.1) is 17.2 Å². The maximum atomic E-state index is 11.8. The molecule has 17 heavy (non-hydrogen) atoms. The molecule has 0 bridgehead atoms. The van der Waals surface area contributed by atoms with Gasteiger partial charge in [0, 0.05) is 24.4 Å². The molecule has 94 valence electrons. The summed E-state index contributed by atoms with van der Waals surface area (Å²) < 4.78 is 16.7. The smallest absolute Gasteiger partial charge is 0.221 e. The van der Waals surface area contributed by atoms with E-state index in [-0.39, 0.29) is 12.3 Å². The molecule has 0 radical (unpaired) electrons. The lowest BCUT2D eigenvalue weighted by Crippen LogP contribution is -2.13. The summed E-state index contributed by atoms with van der Waals surface area (Å²) in [4.78, 5) is 11.5. The zero-order valence-corrected chi connectivity index (χ0v) is 10.7. The Labute approximate surface area is 104 Å². The molecular formula is C12H17NO3S. The second-order valence-electron chi connectivity index (χ2n) is 3.68. The highest BCUT2D eigenvalue weighted by atomic mass is 32.2. The fraction of sp³-hybridized carbons (Fsp3) is 0.417. The normalized spacial score (nSPS) is 12.3. The molecule has 0 spiro atoms. The van der Waals surface area contributed by atoms with Crippen LogP contribution in [0.2, 0.25) is 0 Å². The van der Waals surface area contributed by atoms with Gasteiger partial charge in [-0.1, -0.05) is 12.1 Å². The van der Waals surface area contributed by atoms with Crippen molar-refractivity contribution in [3.05, 3.63) is 29.8 Å². The van der Waals surface area contributed by atoms with Crippen molar-refractivity contribution in [1.82, 2.24) is 0 Å². The molecule has 1 amide bonds. The van der Waals surface area contributed by atoms with E-state index in [0.717, 1.165) is 16.9 Å². The van der Waals surface area contributed by atoms with Crippen LogP contribution in [0.1, 0.15) is 12.0 Å². The molecule has 0 fully saturated rings. The minimum atomic E-state index is -1.00. The maximum absolute atomic E-state index is 11.8. The van der Waals surface area contributed by atoms with Crippen molar-refractivity contribution in [1.29, 1.82) is 0 Å². The Kier molecular flexibility index (Phi) is 5.86. The monoisotopic (exact) mass is 255 g/mol. The van der Waals surface area contributed by atoms with E-state index >= 15 is 0 Å². The summed E-state index contributed by atoms with van der Waals surface area (Å²) in [5, 5.41) is 0. The van der Waals surface area contributed by atoms with Gasteiger partial charge in [0.25, 0.3) is 0 Å². The van der Waals surface area contributed by atoms with E-state index in [9.17, 15) is 9.00 Å². The summed E-state index contributed by atoms with van der Waals surface area (Å²) in [5.74, 6) is 0.224. The van der Waals surface area contributed by atoms with Crippen LogP contribution >= 0.6 is 0 Å². The van der Waals surface area contributed by atoms with E-state index in [1.807, 2.05) is 0 Å². The van der Waals surface area contributed by atoms with Crippen LogP contribution in [0.5, 0.6) is 0 Å². The predicted octanol–water partition coefficient (Wildman–Crippen LogP) is 0.859. The molecule has 1 unspecified atom stereocenters. The molecule has 0 saturated heterocycles. The molecule has 0 aliphatic rings. The quantitative estimate of drug-likeness (QED) is 0.735. The first-order valence-electron chi connectivity index (χ1n) is 5.38. The number of primary amides is 1. The Balaban J connectivity index is 2.54. The fourth-order valence-electron chi connectivity index (χ4n) is 1.41. The lowest BCUT2D eigenvalue weighted by atomic mass is 10.1. The number of methoxy groups -OCH3 is 1. The number of amides is 1. The molecular weight excluding hydrogens is 238 g/mol. The topological polar surface area (TPSA) is 69.4 Å². The summed E-state index contributed by atoms with van der Waals surface area (Å²) in [7, 11) is 0.625. The van der Waals surface area contributed by atoms with Gasteiger partial charge in [0.2, 0.25) is 5.91 Å². The van der Waals surface area contributed by atoms with E-state index in [2.05, 4.69) is 0 Å². The van der Waals surface area contributed by atoms with Crippen molar-refractivity contribution >= 4 is 16.7 Å². The highest BCUT2D eigenvalue weighted by molar-refractivity contribution is 7.85. The Morgan fingerprint density at radius 1 is 1.35 bits per heavy atom. The largest absolute Gasteiger partial charge is 0.385 e. The van der Waals surface area contributed by atoms with E-state index in [1.54, 1.807) is 31.4 Å². The van der Waals surface area contributed by atoms with Crippen molar-refractivity contribution < 1.29 is 13.7 Å². The summed E-state index contributed by atoms with van der Waals surface area (Å²) in [6, 6.07) is 7.13. The number of ether oxygens (including phenoxy) is 1. The average Bonchev–Trinajstić information content (AvgIpc) is 2.29. The van der Waals surface area contributed by atoms with Crippen molar-refractivity contribution in [3.8, 4) is 0 Å². The van der Waals surface area contributed by atoms with Gasteiger partial charge in [-0.3, -0.25) is 9.00 Å². The first-order chi connectivity index (χ1) is 8.13. The molecule has 1 aromatic carbocycles. The second-order valence-corrected chi connectivity index (χ2v) is 5.25. The fourth-order valence-corrected chi connectivity index (χ4v) is 2.47. The Bertz CT molecular complexity index is 389. The van der Waals surface area contributed by atoms with Crippen LogP contribution in [-0.4, -0.2) is 29.6 Å². The molecule has 1 rings (SSSR count). The van der Waals surface area contributed by atoms with Crippen LogP contribution in [0.15, 0.2) is 29.2 Å². The molecule has 2 N–H and O–H groups in total. The lowest BCUT2D eigenvalue weighted by molar-refractivity contribution is -0.117. The van der Waals surface area contributed by atoms with Crippen molar-refractivity contribution in [2.45, 2.75) is 17.7 Å². The van der Waals surface area contributed by atoms with Crippen LogP contribution < -0.4 is 5.73 Å². The van der Waals surface area contributed by atoms with E-state index in [1.165, 1.54) is 0 Å². The van der Waals surface area contributed by atoms with E-state index < -0.39 is 10.8 Å². The number of benzene rings is 1. The molecule has 1 atom stereocenters. The number of nitrogens with two attached hydrogens (primary N) is 1. The third-order valence-electron chi connectivity index (χ3n) is 2.24. The second kappa shape index (κ2) is 7.19. The minimum Gasteiger partial charge on any atom is -0.385 e. The highest BCUT2D eigenvalue weighted by Crippen LogP contribution is 2.10. The molecule has 0 saturated carbocycles. The predicted molar refractivity (Wildman–Crippen MR) is 67.1 cm³/mol. The number of hydrogen-bond donors (Lipinski definition) is 1. The number of carbonyl (C=O) groups excluding carboxylic acids is 1. The molecule has 0 heterocycles. The molecule has 1 aromatic rings. The standard InChI is InChI=1S/C12H17NO3S/c1-16-7-2-8-17(15)11-5-3-10(4-6-11)9-12(13)14/h3-6H,2,7-9H2,1H3,(H2,13,14). The molecule has 0 aliphatic heterocycles. The van der Waals surface area contributed by atoms with Crippen molar-refractivity contribution in [2.24, 2.45) is 5.73 Å². The van der Waals surface area contributed by atoms with Crippen LogP contribution in [0.3, 0.4) is 0 Å². The maximum Gasteiger partial charge on any atom is 0.221 e. The van der Waals surface area contributed by atoms with Crippen LogP contribution in [0.4, 0.5) is 0 Å². The van der Waals surface area contributed by atoms with E-state index in [0.29, 0.717) is 12.4 Å². The van der Waals surface area contributed by atoms with E-state index in [4.69, 9.17) is 10.5 Å². The summed E-state index contributed by atoms with van der Waals surface area (Å²) in [6.07, 6.45) is 0.989. The van der Waals surface area contributed by atoms with Crippen LogP contribution in [0, 0.1) is 0 Å². The number of rotatable bonds is 7. The number of hydrogen-bond acceptors (Lipinski definition) is 3. The molecule has 0 aromatic heterocycles. The first kappa shape index (κ1) is 13.9. The zero-order valence-electron chi connectivity index (χ0n) is 9.85. The Morgan fingerprint density at radius 2 is 2.00 bits per heavy atom. The van der Waals surface area contributed by atoms with Gasteiger partial charge in [-0.05, 0) is 24.1 Å². The average molecular weight is 255 g/mol. The van der Waals surface area contributed by atoms with Crippen LogP contribution in [0.25, 0.3) is 0 Å². The van der Waals surface area contributed by atoms with Gasteiger partial charge in [-0.15, -0.1) is 0 Å². The SMILES string of the molecule is COCCCS(=O)c1ccc(CC(N)=O)cc1. The third kappa shape index (κ3) is 5.10. The van der Waals surface area contributed by atoms with Crippen LogP contribution in [-0.2, 0) is 26.8 Å². The highest BCUT2D eigenvalue weighted by Gasteiger charge is 2.04. The van der Waals surface area contributed by atoms with Crippen molar-refractivity contribution in [3.63, 3.8) is 0 Å². The summed E-state index contributed by atoms with van der Waals surface area (Å²) in [5.41, 5.74) is 5.93. The summed E-state index contributed by atoms with van der Waals surface area (Å²) >= 11 is 0. The van der Waals surface area contributed by atoms with Gasteiger partial charge in [-0.25, -0.2) is 0 Å². The first-order valence-corrected chi connectivity index (χ1v) is 6.70. The zero-order chi connectivity index (χ0) is 12.7. The van der Waals surface area contributed by atoms with Crippen molar-refractivity contribution in [2.75, 3.05) is 19.5 Å². The van der Waals surface area contributed by atoms with Gasteiger partial charge < -0.3 is 10.5 Å². The van der Waals surface area contributed by atoms with Gasteiger partial charge >= 0.3 is 0 Å². The molecule has 4 nitrogen and oxygen atoms in total. The molecule has 5 heteroatoms.